The Morgan fingerprint density at radius 2 is 1.82 bits per heavy atom. The van der Waals surface area contributed by atoms with Crippen LogP contribution >= 0.6 is 0 Å². The van der Waals surface area contributed by atoms with Gasteiger partial charge in [0.05, 0.1) is 17.7 Å². The molecule has 0 aliphatic heterocycles. The summed E-state index contributed by atoms with van der Waals surface area (Å²) in [6.45, 7) is 2.59. The van der Waals surface area contributed by atoms with Crippen molar-refractivity contribution >= 4 is 11.6 Å². The lowest BCUT2D eigenvalue weighted by Gasteiger charge is -2.24. The topological polar surface area (TPSA) is 56.1 Å². The number of anilines is 1. The highest BCUT2D eigenvalue weighted by atomic mass is 16.2. The number of carbonyl (C=O) groups excluding carboxylic acids is 1. The molecule has 4 heteroatoms. The average Bonchev–Trinajstić information content (AvgIpc) is 2.55. The summed E-state index contributed by atoms with van der Waals surface area (Å²) in [6, 6.07) is 18.7. The van der Waals surface area contributed by atoms with Crippen LogP contribution < -0.4 is 5.32 Å². The van der Waals surface area contributed by atoms with E-state index in [0.29, 0.717) is 17.8 Å². The van der Waals surface area contributed by atoms with Gasteiger partial charge in [-0.3, -0.25) is 9.69 Å². The van der Waals surface area contributed by atoms with Gasteiger partial charge in [-0.05, 0) is 43.8 Å². The molecular weight excluding hydrogens is 274 g/mol. The maximum atomic E-state index is 12.3. The van der Waals surface area contributed by atoms with E-state index in [0.717, 1.165) is 0 Å². The molecule has 0 radical (unpaired) electrons. The van der Waals surface area contributed by atoms with E-state index >= 15 is 0 Å². The minimum absolute atomic E-state index is 0.0665. The normalized spacial score (nSPS) is 11.7. The Labute approximate surface area is 131 Å². The first-order valence-electron chi connectivity index (χ1n) is 7.15. The monoisotopic (exact) mass is 293 g/mol. The third-order valence-corrected chi connectivity index (χ3v) is 3.60. The maximum Gasteiger partial charge on any atom is 0.241 e. The number of nitriles is 1. The third kappa shape index (κ3) is 4.18. The zero-order chi connectivity index (χ0) is 15.9. The van der Waals surface area contributed by atoms with E-state index in [1.807, 2.05) is 49.2 Å². The van der Waals surface area contributed by atoms with Crippen LogP contribution in [0.2, 0.25) is 0 Å². The molecule has 2 rings (SSSR count). The van der Waals surface area contributed by atoms with E-state index in [-0.39, 0.29) is 11.9 Å². The van der Waals surface area contributed by atoms with Crippen molar-refractivity contribution in [2.75, 3.05) is 12.4 Å². The van der Waals surface area contributed by atoms with Gasteiger partial charge in [0.1, 0.15) is 0 Å². The van der Waals surface area contributed by atoms with Gasteiger partial charge in [-0.25, -0.2) is 0 Å². The van der Waals surface area contributed by atoms with Gasteiger partial charge < -0.3 is 5.32 Å². The molecule has 0 aliphatic carbocycles. The summed E-state index contributed by atoms with van der Waals surface area (Å²) < 4.78 is 0. The first-order chi connectivity index (χ1) is 10.6. The number of nitrogens with zero attached hydrogens (tertiary/aromatic N) is 2. The number of rotatable bonds is 5. The Balaban J connectivity index is 1.94. The number of nitrogens with one attached hydrogen (secondary N) is 1. The molecule has 1 amide bonds. The highest BCUT2D eigenvalue weighted by Gasteiger charge is 2.18. The van der Waals surface area contributed by atoms with Gasteiger partial charge in [0.2, 0.25) is 5.91 Å². The van der Waals surface area contributed by atoms with Crippen LogP contribution in [-0.4, -0.2) is 23.9 Å². The molecule has 2 aromatic carbocycles. The zero-order valence-electron chi connectivity index (χ0n) is 12.8. The Morgan fingerprint density at radius 3 is 2.41 bits per heavy atom. The second-order valence-electron chi connectivity index (χ2n) is 5.26. The first-order valence-corrected chi connectivity index (χ1v) is 7.15. The average molecular weight is 293 g/mol. The Bertz CT molecular complexity index is 659. The van der Waals surface area contributed by atoms with Crippen LogP contribution in [0.3, 0.4) is 0 Å². The smallest absolute Gasteiger partial charge is 0.241 e. The molecule has 0 fully saturated rings. The third-order valence-electron chi connectivity index (χ3n) is 3.60. The van der Waals surface area contributed by atoms with E-state index in [9.17, 15) is 4.79 Å². The summed E-state index contributed by atoms with van der Waals surface area (Å²) >= 11 is 0. The van der Waals surface area contributed by atoms with E-state index in [4.69, 9.17) is 5.26 Å². The van der Waals surface area contributed by atoms with Crippen molar-refractivity contribution in [3.05, 3.63) is 65.7 Å². The summed E-state index contributed by atoms with van der Waals surface area (Å²) in [5, 5.41) is 11.6. The van der Waals surface area contributed by atoms with Gasteiger partial charge in [0, 0.05) is 12.2 Å². The Morgan fingerprint density at radius 1 is 1.18 bits per heavy atom. The van der Waals surface area contributed by atoms with Crippen molar-refractivity contribution in [3.8, 4) is 6.07 Å². The lowest BCUT2D eigenvalue weighted by Crippen LogP contribution is -2.39. The van der Waals surface area contributed by atoms with Crippen LogP contribution in [0.5, 0.6) is 0 Å². The lowest BCUT2D eigenvalue weighted by atomic mass is 10.2. The fourth-order valence-corrected chi connectivity index (χ4v) is 2.08. The number of hydrogen-bond donors (Lipinski definition) is 1. The first kappa shape index (κ1) is 15.7. The van der Waals surface area contributed by atoms with Crippen LogP contribution in [0.4, 0.5) is 5.69 Å². The van der Waals surface area contributed by atoms with E-state index in [1.54, 1.807) is 24.3 Å². The SMILES string of the molecule is C[C@H](C(=O)Nc1ccc(C#N)cc1)N(C)Cc1ccccc1. The summed E-state index contributed by atoms with van der Waals surface area (Å²) in [5.41, 5.74) is 2.44. The molecule has 1 atom stereocenters. The van der Waals surface area contributed by atoms with Crippen molar-refractivity contribution in [1.29, 1.82) is 5.26 Å². The van der Waals surface area contributed by atoms with E-state index in [1.165, 1.54) is 5.56 Å². The second-order valence-corrected chi connectivity index (χ2v) is 5.26. The summed E-state index contributed by atoms with van der Waals surface area (Å²) in [5.74, 6) is -0.0665. The Hall–Kier alpha value is -2.64. The highest BCUT2D eigenvalue weighted by molar-refractivity contribution is 5.94. The number of benzene rings is 2. The van der Waals surface area contributed by atoms with Gasteiger partial charge in [-0.15, -0.1) is 0 Å². The van der Waals surface area contributed by atoms with Crippen LogP contribution in [0.15, 0.2) is 54.6 Å². The molecule has 1 N–H and O–H groups in total. The molecule has 22 heavy (non-hydrogen) atoms. The van der Waals surface area contributed by atoms with Gasteiger partial charge in [0.15, 0.2) is 0 Å². The maximum absolute atomic E-state index is 12.3. The lowest BCUT2D eigenvalue weighted by molar-refractivity contribution is -0.120. The van der Waals surface area contributed by atoms with Crippen LogP contribution in [0.25, 0.3) is 0 Å². The summed E-state index contributed by atoms with van der Waals surface area (Å²) in [6.07, 6.45) is 0. The van der Waals surface area contributed by atoms with Crippen LogP contribution in [0.1, 0.15) is 18.1 Å². The van der Waals surface area contributed by atoms with Gasteiger partial charge >= 0.3 is 0 Å². The number of amides is 1. The molecule has 112 valence electrons. The Kier molecular flexibility index (Phi) is 5.29. The van der Waals surface area contributed by atoms with Crippen molar-refractivity contribution in [2.24, 2.45) is 0 Å². The predicted molar refractivity (Wildman–Crippen MR) is 87.2 cm³/mol. The standard InChI is InChI=1S/C18H19N3O/c1-14(21(2)13-16-6-4-3-5-7-16)18(22)20-17-10-8-15(12-19)9-11-17/h3-11,14H,13H2,1-2H3,(H,20,22)/t14-/m1/s1. The summed E-state index contributed by atoms with van der Waals surface area (Å²) in [7, 11) is 1.93. The summed E-state index contributed by atoms with van der Waals surface area (Å²) in [4.78, 5) is 14.3. The minimum atomic E-state index is -0.254. The molecule has 2 aromatic rings. The molecule has 0 saturated carbocycles. The number of carbonyl (C=O) groups is 1. The molecule has 0 bridgehead atoms. The molecule has 0 aromatic heterocycles. The number of likely N-dealkylation sites (N-methyl/N-ethyl adjacent to an activating group) is 1. The highest BCUT2D eigenvalue weighted by Crippen LogP contribution is 2.11. The molecule has 0 unspecified atom stereocenters. The fourth-order valence-electron chi connectivity index (χ4n) is 2.08. The molecule has 0 spiro atoms. The van der Waals surface area contributed by atoms with Crippen LogP contribution in [0, 0.1) is 11.3 Å². The fraction of sp³-hybridized carbons (Fsp3) is 0.222. The van der Waals surface area contributed by atoms with Gasteiger partial charge in [0.25, 0.3) is 0 Å². The van der Waals surface area contributed by atoms with Crippen molar-refractivity contribution in [2.45, 2.75) is 19.5 Å². The molecule has 4 nitrogen and oxygen atoms in total. The predicted octanol–water partition coefficient (Wildman–Crippen LogP) is 3.02. The molecule has 0 aliphatic rings. The largest absolute Gasteiger partial charge is 0.325 e. The van der Waals surface area contributed by atoms with Crippen molar-refractivity contribution in [3.63, 3.8) is 0 Å². The molecule has 0 saturated heterocycles. The minimum Gasteiger partial charge on any atom is -0.325 e. The van der Waals surface area contributed by atoms with E-state index < -0.39 is 0 Å². The van der Waals surface area contributed by atoms with Crippen molar-refractivity contribution < 1.29 is 4.79 Å². The van der Waals surface area contributed by atoms with Gasteiger partial charge in [-0.2, -0.15) is 5.26 Å². The van der Waals surface area contributed by atoms with E-state index in [2.05, 4.69) is 11.4 Å². The van der Waals surface area contributed by atoms with Crippen molar-refractivity contribution in [1.82, 2.24) is 4.90 Å². The second kappa shape index (κ2) is 7.39. The number of hydrogen-bond acceptors (Lipinski definition) is 3. The quantitative estimate of drug-likeness (QED) is 0.922. The zero-order valence-corrected chi connectivity index (χ0v) is 12.8. The van der Waals surface area contributed by atoms with Gasteiger partial charge in [-0.1, -0.05) is 30.3 Å². The molecular formula is C18H19N3O. The van der Waals surface area contributed by atoms with Crippen LogP contribution in [-0.2, 0) is 11.3 Å². The molecule has 0 heterocycles.